The van der Waals surface area contributed by atoms with E-state index in [9.17, 15) is 40.7 Å². The van der Waals surface area contributed by atoms with Crippen LogP contribution in [-0.4, -0.2) is 60.2 Å². The third-order valence-electron chi connectivity index (χ3n) is 9.64. The Labute approximate surface area is 408 Å². The SMILES string of the molecule is Cc1cc(Nc2nc(N)nc(Cl)n2)c2c(O)c(N=Nc3cc([N+](=O)[O-])ccc3O)c(C)cc2c1.Cc1cc(Nc2nc(N)nc(Cl)n2)c2c(O)c(N=Nc3cc([N+](=O)[O-])ccc3O)c(C)cc2c1.[Cr]. The number of nitro benzene ring substituents is 2. The molecule has 0 unspecified atom stereocenters. The van der Waals surface area contributed by atoms with Gasteiger partial charge in [-0.3, -0.25) is 20.2 Å². The van der Waals surface area contributed by atoms with Gasteiger partial charge >= 0.3 is 0 Å². The molecule has 0 amide bonds. The first-order chi connectivity index (χ1) is 32.2. The predicted molar refractivity (Wildman–Crippen MR) is 253 cm³/mol. The van der Waals surface area contributed by atoms with E-state index in [1.807, 2.05) is 26.0 Å². The third-order valence-corrected chi connectivity index (χ3v) is 9.98. The zero-order valence-electron chi connectivity index (χ0n) is 36.0. The molecular formula is C42H34Cl2CrN16O8. The van der Waals surface area contributed by atoms with E-state index in [1.165, 1.54) is 0 Å². The second-order valence-electron chi connectivity index (χ2n) is 14.7. The molecule has 0 atom stereocenters. The van der Waals surface area contributed by atoms with Crippen molar-refractivity contribution in [1.29, 1.82) is 0 Å². The number of hydrogen-bond donors (Lipinski definition) is 8. The minimum atomic E-state index is -0.613. The van der Waals surface area contributed by atoms with Crippen LogP contribution in [0.5, 0.6) is 23.0 Å². The number of phenolic OH excluding ortho intramolecular Hbond substituents is 4. The molecule has 2 aromatic heterocycles. The van der Waals surface area contributed by atoms with Crippen molar-refractivity contribution < 1.29 is 47.6 Å². The smallest absolute Gasteiger partial charge is 0.271 e. The quantitative estimate of drug-likeness (QED) is 0.0358. The van der Waals surface area contributed by atoms with Crippen LogP contribution in [-0.2, 0) is 17.4 Å². The van der Waals surface area contributed by atoms with E-state index < -0.39 is 9.85 Å². The number of nitrogens with one attached hydrogen (secondary N) is 2. The first kappa shape index (κ1) is 49.8. The van der Waals surface area contributed by atoms with Crippen molar-refractivity contribution in [1.82, 2.24) is 29.9 Å². The molecule has 0 bridgehead atoms. The van der Waals surface area contributed by atoms with Crippen molar-refractivity contribution in [2.24, 2.45) is 20.5 Å². The van der Waals surface area contributed by atoms with E-state index in [2.05, 4.69) is 61.0 Å². The van der Waals surface area contributed by atoms with Crippen LogP contribution in [0.3, 0.4) is 0 Å². The van der Waals surface area contributed by atoms with Crippen molar-refractivity contribution in [3.8, 4) is 23.0 Å². The number of nitro groups is 2. The van der Waals surface area contributed by atoms with Crippen LogP contribution in [0, 0.1) is 47.9 Å². The maximum Gasteiger partial charge on any atom is 0.271 e. The number of aryl methyl sites for hydroxylation is 4. The van der Waals surface area contributed by atoms with Gasteiger partial charge in [0.2, 0.25) is 34.4 Å². The van der Waals surface area contributed by atoms with Crippen LogP contribution in [0.15, 0.2) is 93.3 Å². The van der Waals surface area contributed by atoms with E-state index in [0.717, 1.165) is 47.5 Å². The molecule has 0 saturated heterocycles. The molecule has 0 aliphatic carbocycles. The topological polar surface area (TPSA) is 370 Å². The fraction of sp³-hybridized carbons (Fsp3) is 0.0952. The largest absolute Gasteiger partial charge is 0.506 e. The average Bonchev–Trinajstić information content (AvgIpc) is 3.23. The Balaban J connectivity index is 0.000000224. The Morgan fingerprint density at radius 2 is 0.928 bits per heavy atom. The zero-order valence-corrected chi connectivity index (χ0v) is 38.8. The Morgan fingerprint density at radius 1 is 0.551 bits per heavy atom. The molecule has 0 aliphatic heterocycles. The van der Waals surface area contributed by atoms with E-state index in [-0.39, 0.29) is 109 Å². The molecule has 69 heavy (non-hydrogen) atoms. The molecule has 8 aromatic rings. The normalized spacial score (nSPS) is 11.1. The molecular weight excluding hydrogens is 979 g/mol. The number of anilines is 6. The maximum atomic E-state index is 11.1. The molecule has 0 radical (unpaired) electrons. The van der Waals surface area contributed by atoms with Crippen molar-refractivity contribution in [2.45, 2.75) is 27.7 Å². The van der Waals surface area contributed by atoms with Crippen LogP contribution in [0.25, 0.3) is 21.5 Å². The Kier molecular flexibility index (Phi) is 14.8. The van der Waals surface area contributed by atoms with Gasteiger partial charge < -0.3 is 42.5 Å². The number of phenols is 4. The molecule has 6 aromatic carbocycles. The second kappa shape index (κ2) is 20.5. The second-order valence-corrected chi connectivity index (χ2v) is 15.4. The average molecular weight is 1010 g/mol. The summed E-state index contributed by atoms with van der Waals surface area (Å²) in [6.07, 6.45) is 0. The zero-order chi connectivity index (χ0) is 49.1. The summed E-state index contributed by atoms with van der Waals surface area (Å²) in [7, 11) is 0. The Morgan fingerprint density at radius 3 is 1.28 bits per heavy atom. The molecule has 8 rings (SSSR count). The molecule has 2 heterocycles. The fourth-order valence-corrected chi connectivity index (χ4v) is 7.08. The van der Waals surface area contributed by atoms with Gasteiger partial charge in [0.1, 0.15) is 34.2 Å². The van der Waals surface area contributed by atoms with E-state index >= 15 is 0 Å². The summed E-state index contributed by atoms with van der Waals surface area (Å²) in [5.74, 6) is -1.01. The summed E-state index contributed by atoms with van der Waals surface area (Å²) < 4.78 is 0. The Hall–Kier alpha value is -8.63. The molecule has 24 nitrogen and oxygen atoms in total. The molecule has 0 fully saturated rings. The monoisotopic (exact) mass is 1010 g/mol. The van der Waals surface area contributed by atoms with Crippen molar-refractivity contribution in [3.63, 3.8) is 0 Å². The number of non-ortho nitro benzene ring substituents is 2. The van der Waals surface area contributed by atoms with Crippen LogP contribution in [0.2, 0.25) is 10.6 Å². The van der Waals surface area contributed by atoms with Gasteiger partial charge in [-0.25, -0.2) is 0 Å². The predicted octanol–water partition coefficient (Wildman–Crippen LogP) is 10.7. The molecule has 350 valence electrons. The molecule has 10 N–H and O–H groups in total. The summed E-state index contributed by atoms with van der Waals surface area (Å²) in [5, 5.41) is 88.2. The van der Waals surface area contributed by atoms with Gasteiger partial charge in [-0.05, 0) is 120 Å². The molecule has 0 spiro atoms. The van der Waals surface area contributed by atoms with Crippen molar-refractivity contribution in [2.75, 3.05) is 22.1 Å². The van der Waals surface area contributed by atoms with Gasteiger partial charge in [-0.1, -0.05) is 12.1 Å². The van der Waals surface area contributed by atoms with Gasteiger partial charge in [-0.15, -0.1) is 20.5 Å². The van der Waals surface area contributed by atoms with Gasteiger partial charge in [0, 0.05) is 52.4 Å². The third kappa shape index (κ3) is 11.3. The number of nitrogens with two attached hydrogens (primary N) is 2. The number of benzene rings is 6. The first-order valence-electron chi connectivity index (χ1n) is 19.4. The standard InChI is InChI=1S/2C21H17ClN8O4.Cr/c2*1-9-5-11-7-10(2)17(29-28-13-8-12(30(33)34)3-4-15(13)31)18(32)16(11)14(6-9)24-21-26-19(22)25-20(23)27-21;/h2*3-8,31-32H,1-2H3,(H3,23,24,25,26,27);. The fourth-order valence-electron chi connectivity index (χ4n) is 6.75. The van der Waals surface area contributed by atoms with Crippen LogP contribution in [0.1, 0.15) is 22.3 Å². The summed E-state index contributed by atoms with van der Waals surface area (Å²) in [6.45, 7) is 7.21. The minimum absolute atomic E-state index is 0. The number of hydrogen-bond acceptors (Lipinski definition) is 22. The van der Waals surface area contributed by atoms with Crippen molar-refractivity contribution in [3.05, 3.63) is 126 Å². The number of aromatic nitrogens is 6. The summed E-state index contributed by atoms with van der Waals surface area (Å²) in [4.78, 5) is 44.2. The van der Waals surface area contributed by atoms with E-state index in [1.54, 1.807) is 38.1 Å². The number of azo groups is 2. The van der Waals surface area contributed by atoms with Gasteiger partial charge in [0.05, 0.1) is 21.2 Å². The summed E-state index contributed by atoms with van der Waals surface area (Å²) in [5.41, 5.74) is 14.6. The molecule has 0 aliphatic rings. The number of nitrogen functional groups attached to an aromatic ring is 2. The molecule has 27 heteroatoms. The first-order valence-corrected chi connectivity index (χ1v) is 20.2. The minimum Gasteiger partial charge on any atom is -0.506 e. The van der Waals surface area contributed by atoms with Crippen LogP contribution >= 0.6 is 23.2 Å². The van der Waals surface area contributed by atoms with Crippen molar-refractivity contribution >= 4 is 114 Å². The van der Waals surface area contributed by atoms with Gasteiger partial charge in [0.25, 0.3) is 11.4 Å². The summed E-state index contributed by atoms with van der Waals surface area (Å²) >= 11 is 11.7. The molecule has 0 saturated carbocycles. The number of nitrogens with zero attached hydrogens (tertiary/aromatic N) is 12. The van der Waals surface area contributed by atoms with E-state index in [4.69, 9.17) is 34.7 Å². The van der Waals surface area contributed by atoms with E-state index in [0.29, 0.717) is 44.0 Å². The number of halogens is 2. The van der Waals surface area contributed by atoms with Crippen LogP contribution < -0.4 is 22.1 Å². The van der Waals surface area contributed by atoms with Gasteiger partial charge in [0.15, 0.2) is 11.5 Å². The number of fused-ring (bicyclic) bond motifs is 2. The Bertz CT molecular complexity index is 3180. The number of aromatic hydroxyl groups is 4. The van der Waals surface area contributed by atoms with Crippen LogP contribution in [0.4, 0.5) is 69.3 Å². The van der Waals surface area contributed by atoms with Gasteiger partial charge in [-0.2, -0.15) is 29.9 Å². The maximum absolute atomic E-state index is 11.1. The summed E-state index contributed by atoms with van der Waals surface area (Å²) in [6, 6.07) is 17.6. The number of rotatable bonds is 10.